The first kappa shape index (κ1) is 20.4. The highest BCUT2D eigenvalue weighted by Crippen LogP contribution is 2.27. The molecule has 1 N–H and O–H groups in total. The summed E-state index contributed by atoms with van der Waals surface area (Å²) in [6.45, 7) is 0. The molecule has 0 fully saturated rings. The molecule has 6 nitrogen and oxygen atoms in total. The predicted molar refractivity (Wildman–Crippen MR) is 108 cm³/mol. The number of hydrogen-bond donors (Lipinski definition) is 1. The van der Waals surface area contributed by atoms with E-state index in [0.29, 0.717) is 16.4 Å². The van der Waals surface area contributed by atoms with E-state index in [4.69, 9.17) is 11.6 Å². The van der Waals surface area contributed by atoms with Gasteiger partial charge in [-0.2, -0.15) is 0 Å². The fraction of sp³-hybridized carbons (Fsp3) is 0.111. The number of carbonyl (C=O) groups excluding carboxylic acids is 1. The van der Waals surface area contributed by atoms with Crippen LogP contribution in [-0.4, -0.2) is 37.7 Å². The standard InChI is InChI=1S/C18H15ClFN3O3S2/c1-23(2)28(25,26)16-9-12(5-8-14(16)19)17(24)22-18-21-15(10-27-18)11-3-6-13(20)7-4-11/h3-10H,1-2H3,(H,21,22,24). The summed E-state index contributed by atoms with van der Waals surface area (Å²) in [6, 6.07) is 9.85. The van der Waals surface area contributed by atoms with Crippen LogP contribution >= 0.6 is 22.9 Å². The third-order valence-electron chi connectivity index (χ3n) is 3.82. The Labute approximate surface area is 170 Å². The Hall–Kier alpha value is -2.33. The lowest BCUT2D eigenvalue weighted by Gasteiger charge is -2.13. The summed E-state index contributed by atoms with van der Waals surface area (Å²) < 4.78 is 38.7. The second-order valence-electron chi connectivity index (χ2n) is 5.93. The molecule has 28 heavy (non-hydrogen) atoms. The molecule has 3 aromatic rings. The summed E-state index contributed by atoms with van der Waals surface area (Å²) in [5.41, 5.74) is 1.43. The molecule has 1 amide bonds. The fourth-order valence-electron chi connectivity index (χ4n) is 2.29. The van der Waals surface area contributed by atoms with Crippen molar-refractivity contribution in [2.75, 3.05) is 19.4 Å². The van der Waals surface area contributed by atoms with E-state index in [-0.39, 0.29) is 21.3 Å². The number of aromatic nitrogens is 1. The van der Waals surface area contributed by atoms with Crippen LogP contribution in [0.3, 0.4) is 0 Å². The average Bonchev–Trinajstić information content (AvgIpc) is 3.10. The SMILES string of the molecule is CN(C)S(=O)(=O)c1cc(C(=O)Nc2nc(-c3ccc(F)cc3)cs2)ccc1Cl. The van der Waals surface area contributed by atoms with Crippen LogP contribution in [0.2, 0.25) is 5.02 Å². The van der Waals surface area contributed by atoms with Crippen molar-refractivity contribution >= 4 is 44.0 Å². The van der Waals surface area contributed by atoms with Gasteiger partial charge >= 0.3 is 0 Å². The Balaban J connectivity index is 1.83. The van der Waals surface area contributed by atoms with Crippen molar-refractivity contribution in [1.29, 1.82) is 0 Å². The van der Waals surface area contributed by atoms with Gasteiger partial charge in [-0.1, -0.05) is 11.6 Å². The molecule has 0 atom stereocenters. The highest BCUT2D eigenvalue weighted by atomic mass is 35.5. The van der Waals surface area contributed by atoms with Crippen molar-refractivity contribution in [1.82, 2.24) is 9.29 Å². The van der Waals surface area contributed by atoms with Crippen LogP contribution in [0.25, 0.3) is 11.3 Å². The van der Waals surface area contributed by atoms with Crippen molar-refractivity contribution in [2.24, 2.45) is 0 Å². The van der Waals surface area contributed by atoms with Crippen molar-refractivity contribution < 1.29 is 17.6 Å². The smallest absolute Gasteiger partial charge is 0.257 e. The van der Waals surface area contributed by atoms with Crippen molar-refractivity contribution in [3.8, 4) is 11.3 Å². The van der Waals surface area contributed by atoms with E-state index in [1.807, 2.05) is 0 Å². The molecular formula is C18H15ClFN3O3S2. The largest absolute Gasteiger partial charge is 0.298 e. The van der Waals surface area contributed by atoms with Crippen LogP contribution in [0.4, 0.5) is 9.52 Å². The molecule has 146 valence electrons. The number of sulfonamides is 1. The van der Waals surface area contributed by atoms with E-state index in [1.165, 1.54) is 55.8 Å². The van der Waals surface area contributed by atoms with Crippen molar-refractivity contribution in [2.45, 2.75) is 4.90 Å². The third kappa shape index (κ3) is 4.22. The van der Waals surface area contributed by atoms with Gasteiger partial charge in [-0.05, 0) is 42.5 Å². The number of hydrogen-bond acceptors (Lipinski definition) is 5. The number of nitrogens with zero attached hydrogens (tertiary/aromatic N) is 2. The average molecular weight is 440 g/mol. The number of nitrogens with one attached hydrogen (secondary N) is 1. The molecule has 1 aromatic heterocycles. The Morgan fingerprint density at radius 2 is 1.86 bits per heavy atom. The zero-order chi connectivity index (χ0) is 20.5. The Bertz CT molecular complexity index is 1130. The summed E-state index contributed by atoms with van der Waals surface area (Å²) in [6.07, 6.45) is 0. The first-order valence-corrected chi connectivity index (χ1v) is 10.6. The van der Waals surface area contributed by atoms with Crippen LogP contribution in [0.5, 0.6) is 0 Å². The van der Waals surface area contributed by atoms with Crippen LogP contribution < -0.4 is 5.32 Å². The Kier molecular flexibility index (Phi) is 5.80. The Morgan fingerprint density at radius 3 is 2.50 bits per heavy atom. The summed E-state index contributed by atoms with van der Waals surface area (Å²) >= 11 is 7.20. The first-order chi connectivity index (χ1) is 13.2. The van der Waals surface area contributed by atoms with E-state index < -0.39 is 15.9 Å². The van der Waals surface area contributed by atoms with Crippen LogP contribution in [-0.2, 0) is 10.0 Å². The molecule has 0 aliphatic heterocycles. The summed E-state index contributed by atoms with van der Waals surface area (Å²) in [5, 5.41) is 4.71. The minimum atomic E-state index is -3.79. The molecule has 1 heterocycles. The van der Waals surface area contributed by atoms with Gasteiger partial charge in [-0.25, -0.2) is 22.1 Å². The van der Waals surface area contributed by atoms with E-state index in [2.05, 4.69) is 10.3 Å². The van der Waals surface area contributed by atoms with Crippen molar-refractivity contribution in [3.05, 3.63) is 64.2 Å². The molecule has 0 saturated carbocycles. The zero-order valence-corrected chi connectivity index (χ0v) is 17.2. The normalized spacial score (nSPS) is 11.6. The molecule has 0 spiro atoms. The molecule has 0 aliphatic carbocycles. The topological polar surface area (TPSA) is 79.4 Å². The van der Waals surface area contributed by atoms with Gasteiger partial charge < -0.3 is 0 Å². The van der Waals surface area contributed by atoms with Gasteiger partial charge in [0.1, 0.15) is 10.7 Å². The lowest BCUT2D eigenvalue weighted by molar-refractivity contribution is 0.102. The highest BCUT2D eigenvalue weighted by molar-refractivity contribution is 7.89. The lowest BCUT2D eigenvalue weighted by atomic mass is 10.2. The van der Waals surface area contributed by atoms with Gasteiger partial charge in [-0.3, -0.25) is 10.1 Å². The molecule has 0 aliphatic rings. The first-order valence-electron chi connectivity index (χ1n) is 7.93. The fourth-order valence-corrected chi connectivity index (χ4v) is 4.40. The maximum absolute atomic E-state index is 13.0. The number of benzene rings is 2. The number of amides is 1. The van der Waals surface area contributed by atoms with Gasteiger partial charge in [0, 0.05) is 30.6 Å². The predicted octanol–water partition coefficient (Wildman–Crippen LogP) is 4.11. The van der Waals surface area contributed by atoms with E-state index in [1.54, 1.807) is 17.5 Å². The van der Waals surface area contributed by atoms with E-state index in [9.17, 15) is 17.6 Å². The minimum absolute atomic E-state index is 0.0260. The van der Waals surface area contributed by atoms with Gasteiger partial charge in [0.05, 0.1) is 10.7 Å². The van der Waals surface area contributed by atoms with Gasteiger partial charge in [0.25, 0.3) is 5.91 Å². The number of thiazole rings is 1. The van der Waals surface area contributed by atoms with E-state index >= 15 is 0 Å². The molecule has 0 unspecified atom stereocenters. The minimum Gasteiger partial charge on any atom is -0.298 e. The number of halogens is 2. The molecule has 0 saturated heterocycles. The molecular weight excluding hydrogens is 425 g/mol. The summed E-state index contributed by atoms with van der Waals surface area (Å²) in [7, 11) is -1.03. The molecule has 2 aromatic carbocycles. The molecule has 10 heteroatoms. The highest BCUT2D eigenvalue weighted by Gasteiger charge is 2.22. The molecule has 0 radical (unpaired) electrons. The monoisotopic (exact) mass is 439 g/mol. The maximum Gasteiger partial charge on any atom is 0.257 e. The number of rotatable bonds is 5. The Morgan fingerprint density at radius 1 is 1.18 bits per heavy atom. The lowest BCUT2D eigenvalue weighted by Crippen LogP contribution is -2.23. The quantitative estimate of drug-likeness (QED) is 0.649. The van der Waals surface area contributed by atoms with Crippen molar-refractivity contribution in [3.63, 3.8) is 0 Å². The second-order valence-corrected chi connectivity index (χ2v) is 9.32. The molecule has 3 rings (SSSR count). The van der Waals surface area contributed by atoms with E-state index in [0.717, 1.165) is 4.31 Å². The second kappa shape index (κ2) is 7.96. The summed E-state index contributed by atoms with van der Waals surface area (Å²) in [5.74, 6) is -0.870. The number of carbonyl (C=O) groups is 1. The van der Waals surface area contributed by atoms with Gasteiger partial charge in [0.15, 0.2) is 5.13 Å². The van der Waals surface area contributed by atoms with Crippen LogP contribution in [0.15, 0.2) is 52.7 Å². The maximum atomic E-state index is 13.0. The molecule has 0 bridgehead atoms. The van der Waals surface area contributed by atoms with Gasteiger partial charge in [-0.15, -0.1) is 11.3 Å². The summed E-state index contributed by atoms with van der Waals surface area (Å²) in [4.78, 5) is 16.7. The van der Waals surface area contributed by atoms with Crippen LogP contribution in [0, 0.1) is 5.82 Å². The van der Waals surface area contributed by atoms with Crippen LogP contribution in [0.1, 0.15) is 10.4 Å². The van der Waals surface area contributed by atoms with Gasteiger partial charge in [0.2, 0.25) is 10.0 Å². The zero-order valence-electron chi connectivity index (χ0n) is 14.8. The third-order valence-corrected chi connectivity index (χ3v) is 6.87. The number of anilines is 1.